The molecule has 0 atom stereocenters. The molecule has 3 rings (SSSR count). The second kappa shape index (κ2) is 8.36. The van der Waals surface area contributed by atoms with E-state index in [2.05, 4.69) is 15.6 Å². The molecule has 0 fully saturated rings. The van der Waals surface area contributed by atoms with Crippen LogP contribution in [0.15, 0.2) is 48.5 Å². The maximum atomic E-state index is 12.3. The lowest BCUT2D eigenvalue weighted by Crippen LogP contribution is -2.49. The quantitative estimate of drug-likeness (QED) is 0.646. The SMILES string of the molecule is Cc1nc2cc(C(=O)OCC(=O)NC(=O)NC(C)(C)C)ccc2n1-c1ccccc1. The summed E-state index contributed by atoms with van der Waals surface area (Å²) in [5, 5.41) is 4.71. The lowest BCUT2D eigenvalue weighted by atomic mass is 10.1. The van der Waals surface area contributed by atoms with E-state index in [0.29, 0.717) is 5.52 Å². The highest BCUT2D eigenvalue weighted by atomic mass is 16.5. The van der Waals surface area contributed by atoms with Crippen molar-refractivity contribution in [3.8, 4) is 5.69 Å². The Morgan fingerprint density at radius 1 is 1.07 bits per heavy atom. The first kappa shape index (κ1) is 21.0. The molecular weight excluding hydrogens is 384 g/mol. The van der Waals surface area contributed by atoms with Crippen molar-refractivity contribution in [1.82, 2.24) is 20.2 Å². The lowest BCUT2D eigenvalue weighted by molar-refractivity contribution is -0.123. The fraction of sp³-hybridized carbons (Fsp3) is 0.273. The van der Waals surface area contributed by atoms with Crippen molar-refractivity contribution in [1.29, 1.82) is 0 Å². The highest BCUT2D eigenvalue weighted by Crippen LogP contribution is 2.22. The molecule has 0 aliphatic heterocycles. The number of imide groups is 1. The van der Waals surface area contributed by atoms with Gasteiger partial charge in [-0.3, -0.25) is 14.7 Å². The number of aromatic nitrogens is 2. The fourth-order valence-corrected chi connectivity index (χ4v) is 2.98. The van der Waals surface area contributed by atoms with E-state index in [4.69, 9.17) is 4.74 Å². The zero-order valence-electron chi connectivity index (χ0n) is 17.4. The van der Waals surface area contributed by atoms with E-state index in [1.165, 1.54) is 0 Å². The van der Waals surface area contributed by atoms with Crippen molar-refractivity contribution in [2.75, 3.05) is 6.61 Å². The highest BCUT2D eigenvalue weighted by molar-refractivity contribution is 5.98. The molecule has 0 aliphatic carbocycles. The van der Waals surface area contributed by atoms with E-state index in [1.54, 1.807) is 39.0 Å². The van der Waals surface area contributed by atoms with Gasteiger partial charge in [0.2, 0.25) is 0 Å². The van der Waals surface area contributed by atoms with Gasteiger partial charge in [-0.2, -0.15) is 0 Å². The van der Waals surface area contributed by atoms with Crippen LogP contribution >= 0.6 is 0 Å². The number of imidazole rings is 1. The molecule has 0 bridgehead atoms. The summed E-state index contributed by atoms with van der Waals surface area (Å²) in [7, 11) is 0. The Morgan fingerprint density at radius 3 is 2.43 bits per heavy atom. The molecule has 0 spiro atoms. The first-order valence-corrected chi connectivity index (χ1v) is 9.48. The van der Waals surface area contributed by atoms with Crippen LogP contribution in [0.3, 0.4) is 0 Å². The average Bonchev–Trinajstić information content (AvgIpc) is 3.00. The number of ether oxygens (including phenoxy) is 1. The van der Waals surface area contributed by atoms with Gasteiger partial charge in [0.25, 0.3) is 5.91 Å². The van der Waals surface area contributed by atoms with E-state index in [1.807, 2.05) is 41.8 Å². The summed E-state index contributed by atoms with van der Waals surface area (Å²) < 4.78 is 7.02. The summed E-state index contributed by atoms with van der Waals surface area (Å²) in [5.41, 5.74) is 2.24. The molecule has 8 heteroatoms. The van der Waals surface area contributed by atoms with Gasteiger partial charge >= 0.3 is 12.0 Å². The maximum absolute atomic E-state index is 12.3. The maximum Gasteiger partial charge on any atom is 0.338 e. The highest BCUT2D eigenvalue weighted by Gasteiger charge is 2.18. The second-order valence-electron chi connectivity index (χ2n) is 7.86. The minimum absolute atomic E-state index is 0.271. The molecule has 0 unspecified atom stereocenters. The molecule has 3 amide bonds. The molecule has 1 heterocycles. The largest absolute Gasteiger partial charge is 0.452 e. The number of hydrogen-bond acceptors (Lipinski definition) is 5. The first-order valence-electron chi connectivity index (χ1n) is 9.48. The van der Waals surface area contributed by atoms with Gasteiger partial charge in [0.05, 0.1) is 16.6 Å². The number of carbonyl (C=O) groups excluding carboxylic acids is 3. The number of esters is 1. The second-order valence-corrected chi connectivity index (χ2v) is 7.86. The van der Waals surface area contributed by atoms with Gasteiger partial charge in [0.1, 0.15) is 5.82 Å². The average molecular weight is 408 g/mol. The summed E-state index contributed by atoms with van der Waals surface area (Å²) in [4.78, 5) is 40.4. The number of rotatable bonds is 4. The van der Waals surface area contributed by atoms with E-state index in [0.717, 1.165) is 17.0 Å². The van der Waals surface area contributed by atoms with E-state index < -0.39 is 30.1 Å². The number of hydrogen-bond donors (Lipinski definition) is 2. The van der Waals surface area contributed by atoms with Crippen LogP contribution in [0, 0.1) is 6.92 Å². The number of nitrogens with zero attached hydrogens (tertiary/aromatic N) is 2. The summed E-state index contributed by atoms with van der Waals surface area (Å²) in [6.45, 7) is 6.68. The predicted octanol–water partition coefficient (Wildman–Crippen LogP) is 3.12. The minimum atomic E-state index is -0.713. The van der Waals surface area contributed by atoms with Crippen molar-refractivity contribution in [2.45, 2.75) is 33.2 Å². The Bertz CT molecular complexity index is 1100. The third kappa shape index (κ3) is 5.02. The van der Waals surface area contributed by atoms with Gasteiger partial charge in [0, 0.05) is 11.2 Å². The summed E-state index contributed by atoms with van der Waals surface area (Å²) in [5.74, 6) is -0.600. The van der Waals surface area contributed by atoms with Gasteiger partial charge in [-0.05, 0) is 58.0 Å². The topological polar surface area (TPSA) is 102 Å². The Morgan fingerprint density at radius 2 is 1.77 bits per heavy atom. The smallest absolute Gasteiger partial charge is 0.338 e. The Balaban J connectivity index is 1.68. The normalized spacial score (nSPS) is 11.2. The standard InChI is InChI=1S/C22H24N4O4/c1-14-23-17-12-15(10-11-18(17)26(14)16-8-6-5-7-9-16)20(28)30-13-19(27)24-21(29)25-22(2,3)4/h5-12H,13H2,1-4H3,(H2,24,25,27,29). The molecule has 8 nitrogen and oxygen atoms in total. The molecular formula is C22H24N4O4. The molecule has 0 radical (unpaired) electrons. The van der Waals surface area contributed by atoms with E-state index >= 15 is 0 Å². The molecule has 2 N–H and O–H groups in total. The van der Waals surface area contributed by atoms with Crippen molar-refractivity contribution >= 4 is 28.9 Å². The van der Waals surface area contributed by atoms with Gasteiger partial charge in [0.15, 0.2) is 6.61 Å². The number of aryl methyl sites for hydroxylation is 1. The molecule has 0 saturated carbocycles. The van der Waals surface area contributed by atoms with Crippen LogP contribution < -0.4 is 10.6 Å². The number of carbonyl (C=O) groups is 3. The lowest BCUT2D eigenvalue weighted by Gasteiger charge is -2.20. The summed E-state index contributed by atoms with van der Waals surface area (Å²) in [6.07, 6.45) is 0. The fourth-order valence-electron chi connectivity index (χ4n) is 2.98. The van der Waals surface area contributed by atoms with Crippen LogP contribution in [0.5, 0.6) is 0 Å². The third-order valence-electron chi connectivity index (χ3n) is 4.15. The number of nitrogens with one attached hydrogen (secondary N) is 2. The molecule has 1 aromatic heterocycles. The summed E-state index contributed by atoms with van der Waals surface area (Å²) >= 11 is 0. The number of benzene rings is 2. The molecule has 30 heavy (non-hydrogen) atoms. The van der Waals surface area contributed by atoms with Gasteiger partial charge in [-0.15, -0.1) is 0 Å². The van der Waals surface area contributed by atoms with Crippen molar-refractivity contribution in [2.24, 2.45) is 0 Å². The first-order chi connectivity index (χ1) is 14.1. The van der Waals surface area contributed by atoms with Gasteiger partial charge in [-0.1, -0.05) is 18.2 Å². The molecule has 0 aliphatic rings. The Labute approximate surface area is 174 Å². The van der Waals surface area contributed by atoms with Crippen LogP contribution in [0.2, 0.25) is 0 Å². The van der Waals surface area contributed by atoms with Crippen LogP contribution in [-0.2, 0) is 9.53 Å². The van der Waals surface area contributed by atoms with Crippen LogP contribution in [0.25, 0.3) is 16.7 Å². The van der Waals surface area contributed by atoms with Gasteiger partial charge in [-0.25, -0.2) is 14.6 Å². The molecule has 3 aromatic rings. The molecule has 0 saturated heterocycles. The zero-order chi connectivity index (χ0) is 21.9. The Kier molecular flexibility index (Phi) is 5.86. The molecule has 2 aromatic carbocycles. The monoisotopic (exact) mass is 408 g/mol. The molecule has 156 valence electrons. The summed E-state index contributed by atoms with van der Waals surface area (Å²) in [6, 6.07) is 14.2. The number of fused-ring (bicyclic) bond motifs is 1. The van der Waals surface area contributed by atoms with Crippen molar-refractivity contribution in [3.05, 3.63) is 59.9 Å². The van der Waals surface area contributed by atoms with Crippen LogP contribution in [-0.4, -0.2) is 39.6 Å². The van der Waals surface area contributed by atoms with E-state index in [-0.39, 0.29) is 5.56 Å². The Hall–Kier alpha value is -3.68. The zero-order valence-corrected chi connectivity index (χ0v) is 17.4. The van der Waals surface area contributed by atoms with Crippen molar-refractivity contribution < 1.29 is 19.1 Å². The van der Waals surface area contributed by atoms with Crippen LogP contribution in [0.1, 0.15) is 37.0 Å². The number of para-hydroxylation sites is 1. The van der Waals surface area contributed by atoms with Gasteiger partial charge < -0.3 is 10.1 Å². The van der Waals surface area contributed by atoms with Crippen molar-refractivity contribution in [3.63, 3.8) is 0 Å². The van der Waals surface area contributed by atoms with E-state index in [9.17, 15) is 14.4 Å². The predicted molar refractivity (Wildman–Crippen MR) is 113 cm³/mol. The number of urea groups is 1. The third-order valence-corrected chi connectivity index (χ3v) is 4.15. The minimum Gasteiger partial charge on any atom is -0.452 e. The van der Waals surface area contributed by atoms with Crippen LogP contribution in [0.4, 0.5) is 4.79 Å². The number of amides is 3.